The molecule has 6 rings (SSSR count). The lowest BCUT2D eigenvalue weighted by molar-refractivity contribution is 0.0970. The van der Waals surface area contributed by atoms with Gasteiger partial charge >= 0.3 is 6.03 Å². The summed E-state index contributed by atoms with van der Waals surface area (Å²) in [6.07, 6.45) is 12.1. The summed E-state index contributed by atoms with van der Waals surface area (Å²) in [7, 11) is 3.40. The number of fused-ring (bicyclic) bond motifs is 4. The summed E-state index contributed by atoms with van der Waals surface area (Å²) >= 11 is 0. The molecular formula is C31H38N3O3. The zero-order valence-electron chi connectivity index (χ0n) is 22.8. The Morgan fingerprint density at radius 3 is 2.54 bits per heavy atom. The van der Waals surface area contributed by atoms with Gasteiger partial charge < -0.3 is 14.4 Å². The molecule has 2 amide bonds. The van der Waals surface area contributed by atoms with Crippen molar-refractivity contribution in [3.05, 3.63) is 75.9 Å². The second kappa shape index (κ2) is 9.09. The van der Waals surface area contributed by atoms with Crippen LogP contribution in [-0.4, -0.2) is 66.7 Å². The van der Waals surface area contributed by atoms with Crippen molar-refractivity contribution in [2.24, 2.45) is 0 Å². The number of likely N-dealkylation sites (N-methyl/N-ethyl adjacent to an activating group) is 1. The number of rotatable bonds is 6. The van der Waals surface area contributed by atoms with Crippen LogP contribution < -0.4 is 9.47 Å². The number of nitrogens with zero attached hydrogens (tertiary/aromatic N) is 3. The molecule has 1 radical (unpaired) electrons. The number of hydrogen-bond acceptors (Lipinski definition) is 4. The molecule has 6 heteroatoms. The number of ether oxygens (including phenoxy) is 2. The number of piperidine rings is 1. The first-order chi connectivity index (χ1) is 17.9. The Morgan fingerprint density at radius 2 is 1.86 bits per heavy atom. The van der Waals surface area contributed by atoms with Crippen LogP contribution in [-0.2, 0) is 6.54 Å². The Bertz CT molecular complexity index is 1250. The van der Waals surface area contributed by atoms with Gasteiger partial charge in [-0.3, -0.25) is 9.80 Å². The SMILES string of the molecule is CCC1C=C2N(Cc3cc(OC)cc(OC)c31)C(=O)N(CC)C21CCN(CC2=CC=C(C)[C]3C=C32)CC1. The van der Waals surface area contributed by atoms with E-state index in [1.165, 1.54) is 33.9 Å². The number of hydrogen-bond donors (Lipinski definition) is 0. The Balaban J connectivity index is 1.31. The minimum absolute atomic E-state index is 0.129. The number of carbonyl (C=O) groups excluding carboxylic acids is 1. The molecule has 2 fully saturated rings. The van der Waals surface area contributed by atoms with Gasteiger partial charge in [0.05, 0.1) is 32.2 Å². The summed E-state index contributed by atoms with van der Waals surface area (Å²) in [5, 5.41) is 0. The lowest BCUT2D eigenvalue weighted by Gasteiger charge is -2.44. The molecule has 0 aromatic heterocycles. The zero-order valence-corrected chi connectivity index (χ0v) is 22.8. The molecule has 195 valence electrons. The van der Waals surface area contributed by atoms with Crippen LogP contribution in [0.4, 0.5) is 4.79 Å². The van der Waals surface area contributed by atoms with Crippen molar-refractivity contribution < 1.29 is 14.3 Å². The first kappa shape index (κ1) is 24.4. The Hall–Kier alpha value is -2.99. The lowest BCUT2D eigenvalue weighted by atomic mass is 9.81. The van der Waals surface area contributed by atoms with Gasteiger partial charge in [0.15, 0.2) is 0 Å². The van der Waals surface area contributed by atoms with Gasteiger partial charge in [0, 0.05) is 49.4 Å². The summed E-state index contributed by atoms with van der Waals surface area (Å²) in [5.74, 6) is 3.23. The largest absolute Gasteiger partial charge is 0.497 e. The van der Waals surface area contributed by atoms with Crippen LogP contribution >= 0.6 is 0 Å². The number of amides is 2. The standard InChI is InChI=1S/C31H38N3O3/c1-6-21-15-28-31(10-12-32(13-11-31)18-22-9-8-20(3)25-17-26(22)25)34(7-2)30(35)33(28)19-23-14-24(36-4)16-27(37-5)29(21)23/h8-9,14-17,21H,6-7,10-13,18-19H2,1-5H3. The van der Waals surface area contributed by atoms with Crippen LogP contribution in [0.5, 0.6) is 11.5 Å². The molecule has 5 aliphatic rings. The van der Waals surface area contributed by atoms with E-state index < -0.39 is 0 Å². The molecule has 37 heavy (non-hydrogen) atoms. The number of benzene rings is 1. The van der Waals surface area contributed by atoms with Gasteiger partial charge in [-0.25, -0.2) is 4.79 Å². The molecule has 1 aromatic carbocycles. The second-order valence-electron chi connectivity index (χ2n) is 10.9. The first-order valence-electron chi connectivity index (χ1n) is 13.7. The molecule has 1 aromatic rings. The van der Waals surface area contributed by atoms with Gasteiger partial charge in [0.1, 0.15) is 11.5 Å². The number of likely N-dealkylation sites (tertiary alicyclic amines) is 1. The molecule has 1 atom stereocenters. The predicted molar refractivity (Wildman–Crippen MR) is 146 cm³/mol. The highest BCUT2D eigenvalue weighted by molar-refractivity contribution is 5.83. The van der Waals surface area contributed by atoms with Gasteiger partial charge in [-0.05, 0) is 55.9 Å². The monoisotopic (exact) mass is 500 g/mol. The summed E-state index contributed by atoms with van der Waals surface area (Å²) < 4.78 is 11.4. The second-order valence-corrected chi connectivity index (χ2v) is 10.9. The van der Waals surface area contributed by atoms with Crippen LogP contribution in [0.2, 0.25) is 0 Å². The predicted octanol–water partition coefficient (Wildman–Crippen LogP) is 5.59. The number of allylic oxidation sites excluding steroid dienone is 5. The number of urea groups is 1. The highest BCUT2D eigenvalue weighted by Crippen LogP contribution is 2.50. The summed E-state index contributed by atoms with van der Waals surface area (Å²) in [5.41, 5.74) is 7.50. The van der Waals surface area contributed by atoms with Crippen LogP contribution in [0.25, 0.3) is 0 Å². The van der Waals surface area contributed by atoms with Gasteiger partial charge in [-0.15, -0.1) is 0 Å². The third kappa shape index (κ3) is 3.75. The van der Waals surface area contributed by atoms with Crippen LogP contribution in [0.1, 0.15) is 57.1 Å². The molecule has 2 saturated heterocycles. The van der Waals surface area contributed by atoms with Gasteiger partial charge in [-0.2, -0.15) is 0 Å². The van der Waals surface area contributed by atoms with E-state index in [0.717, 1.165) is 62.5 Å². The molecule has 6 nitrogen and oxygen atoms in total. The number of methoxy groups -OCH3 is 2. The van der Waals surface area contributed by atoms with Crippen molar-refractivity contribution in [2.75, 3.05) is 40.4 Å². The minimum atomic E-state index is -0.247. The highest BCUT2D eigenvalue weighted by Gasteiger charge is 2.55. The Labute approximate surface area is 220 Å². The third-order valence-electron chi connectivity index (χ3n) is 9.10. The molecular weight excluding hydrogens is 462 g/mol. The smallest absolute Gasteiger partial charge is 0.325 e. The maximum absolute atomic E-state index is 13.9. The van der Waals surface area contributed by atoms with Crippen molar-refractivity contribution >= 4 is 6.03 Å². The third-order valence-corrected chi connectivity index (χ3v) is 9.10. The maximum atomic E-state index is 13.9. The van der Waals surface area contributed by atoms with E-state index in [-0.39, 0.29) is 17.5 Å². The molecule has 1 unspecified atom stereocenters. The van der Waals surface area contributed by atoms with Crippen molar-refractivity contribution in [1.29, 1.82) is 0 Å². The van der Waals surface area contributed by atoms with Crippen molar-refractivity contribution in [1.82, 2.24) is 14.7 Å². The van der Waals surface area contributed by atoms with Gasteiger partial charge in [0.25, 0.3) is 0 Å². The molecule has 3 heterocycles. The number of carbonyl (C=O) groups is 1. The summed E-state index contributed by atoms with van der Waals surface area (Å²) in [4.78, 5) is 20.7. The molecule has 2 aliphatic carbocycles. The van der Waals surface area contributed by atoms with Crippen molar-refractivity contribution in [2.45, 2.75) is 58.0 Å². The van der Waals surface area contributed by atoms with Crippen molar-refractivity contribution in [3.8, 4) is 11.5 Å². The van der Waals surface area contributed by atoms with E-state index in [1.54, 1.807) is 14.2 Å². The fourth-order valence-electron chi connectivity index (χ4n) is 7.01. The average molecular weight is 501 g/mol. The topological polar surface area (TPSA) is 45.3 Å². The summed E-state index contributed by atoms with van der Waals surface area (Å²) in [6.45, 7) is 10.8. The van der Waals surface area contributed by atoms with Crippen LogP contribution in [0, 0.1) is 5.92 Å². The Kier molecular flexibility index (Phi) is 5.98. The van der Waals surface area contributed by atoms with Gasteiger partial charge in [-0.1, -0.05) is 36.8 Å². The molecule has 3 aliphatic heterocycles. The minimum Gasteiger partial charge on any atom is -0.497 e. The average Bonchev–Trinajstić information content (AvgIpc) is 3.72. The maximum Gasteiger partial charge on any atom is 0.325 e. The van der Waals surface area contributed by atoms with Crippen LogP contribution in [0.3, 0.4) is 0 Å². The molecule has 0 N–H and O–H groups in total. The zero-order chi connectivity index (χ0) is 25.9. The highest BCUT2D eigenvalue weighted by atomic mass is 16.5. The molecule has 0 bridgehead atoms. The van der Waals surface area contributed by atoms with E-state index in [2.05, 4.69) is 60.9 Å². The molecule has 1 spiro atoms. The quantitative estimate of drug-likeness (QED) is 0.511. The van der Waals surface area contributed by atoms with E-state index in [9.17, 15) is 4.79 Å². The van der Waals surface area contributed by atoms with E-state index in [0.29, 0.717) is 6.54 Å². The van der Waals surface area contributed by atoms with Crippen molar-refractivity contribution in [3.63, 3.8) is 0 Å². The van der Waals surface area contributed by atoms with E-state index in [4.69, 9.17) is 9.47 Å². The first-order valence-corrected chi connectivity index (χ1v) is 13.7. The van der Waals surface area contributed by atoms with E-state index in [1.807, 2.05) is 11.0 Å². The Morgan fingerprint density at radius 1 is 1.08 bits per heavy atom. The van der Waals surface area contributed by atoms with Crippen LogP contribution in [0.15, 0.2) is 58.9 Å². The molecule has 0 saturated carbocycles. The normalized spacial score (nSPS) is 24.5. The fourth-order valence-corrected chi connectivity index (χ4v) is 7.01. The summed E-state index contributed by atoms with van der Waals surface area (Å²) in [6, 6.07) is 4.18. The lowest BCUT2D eigenvalue weighted by Crippen LogP contribution is -2.54. The van der Waals surface area contributed by atoms with E-state index >= 15 is 0 Å². The fraction of sp³-hybridized carbons (Fsp3) is 0.484. The van der Waals surface area contributed by atoms with Gasteiger partial charge in [0.2, 0.25) is 0 Å².